The largest absolute Gasteiger partial charge is 0.326 e. The first-order chi connectivity index (χ1) is 8.31. The van der Waals surface area contributed by atoms with Gasteiger partial charge in [0.1, 0.15) is 0 Å². The molecule has 2 unspecified atom stereocenters. The summed E-state index contributed by atoms with van der Waals surface area (Å²) in [5, 5.41) is 0. The molecule has 0 saturated carbocycles. The summed E-state index contributed by atoms with van der Waals surface area (Å²) in [6.07, 6.45) is 1.11. The van der Waals surface area contributed by atoms with Crippen LogP contribution in [0, 0.1) is 6.92 Å². The first-order valence-electron chi connectivity index (χ1n) is 6.85. The molecule has 0 fully saturated rings. The number of nitrogens with zero attached hydrogens (tertiary/aromatic N) is 1. The first-order valence-corrected chi connectivity index (χ1v) is 6.85. The number of rotatable bonds is 5. The molecule has 0 aliphatic rings. The maximum Gasteiger partial charge on any atom is 0.0501 e. The van der Waals surface area contributed by atoms with Gasteiger partial charge in [0, 0.05) is 11.6 Å². The van der Waals surface area contributed by atoms with Gasteiger partial charge in [0.25, 0.3) is 0 Å². The van der Waals surface area contributed by atoms with Crippen LogP contribution in [-0.2, 0) is 0 Å². The van der Waals surface area contributed by atoms with E-state index in [9.17, 15) is 0 Å². The van der Waals surface area contributed by atoms with Crippen LogP contribution in [0.3, 0.4) is 0 Å². The molecule has 0 aliphatic heterocycles. The van der Waals surface area contributed by atoms with Crippen molar-refractivity contribution in [2.24, 2.45) is 5.73 Å². The van der Waals surface area contributed by atoms with Gasteiger partial charge in [0.05, 0.1) is 6.04 Å². The van der Waals surface area contributed by atoms with E-state index < -0.39 is 0 Å². The molecule has 0 aromatic heterocycles. The Kier molecular flexibility index (Phi) is 4.94. The van der Waals surface area contributed by atoms with E-state index in [0.29, 0.717) is 0 Å². The topological polar surface area (TPSA) is 29.3 Å². The lowest BCUT2D eigenvalue weighted by Gasteiger charge is -2.43. The maximum absolute atomic E-state index is 6.25. The van der Waals surface area contributed by atoms with E-state index in [4.69, 9.17) is 5.73 Å². The quantitative estimate of drug-likeness (QED) is 0.864. The van der Waals surface area contributed by atoms with Crippen molar-refractivity contribution in [1.29, 1.82) is 0 Å². The van der Waals surface area contributed by atoms with Gasteiger partial charge in [0.15, 0.2) is 0 Å². The van der Waals surface area contributed by atoms with Gasteiger partial charge in [-0.25, -0.2) is 0 Å². The lowest BCUT2D eigenvalue weighted by atomic mass is 9.90. The third kappa shape index (κ3) is 3.12. The molecule has 2 atom stereocenters. The molecule has 2 heteroatoms. The molecule has 0 heterocycles. The summed E-state index contributed by atoms with van der Waals surface area (Å²) < 4.78 is 0. The summed E-state index contributed by atoms with van der Waals surface area (Å²) in [5.41, 5.74) is 9.06. The smallest absolute Gasteiger partial charge is 0.0501 e. The highest BCUT2D eigenvalue weighted by atomic mass is 15.2. The lowest BCUT2D eigenvalue weighted by molar-refractivity contribution is 0.0844. The van der Waals surface area contributed by atoms with E-state index in [0.717, 1.165) is 6.42 Å². The minimum Gasteiger partial charge on any atom is -0.326 e. The van der Waals surface area contributed by atoms with Crippen LogP contribution < -0.4 is 5.73 Å². The summed E-state index contributed by atoms with van der Waals surface area (Å²) in [5.74, 6) is 0. The Balaban J connectivity index is 3.16. The fraction of sp³-hybridized carbons (Fsp3) is 0.625. The predicted molar refractivity (Wildman–Crippen MR) is 79.7 cm³/mol. The van der Waals surface area contributed by atoms with Gasteiger partial charge in [-0.15, -0.1) is 0 Å². The van der Waals surface area contributed by atoms with E-state index >= 15 is 0 Å². The highest BCUT2D eigenvalue weighted by molar-refractivity contribution is 5.30. The zero-order valence-corrected chi connectivity index (χ0v) is 12.7. The highest BCUT2D eigenvalue weighted by Crippen LogP contribution is 2.32. The fourth-order valence-electron chi connectivity index (χ4n) is 2.39. The molecule has 0 bridgehead atoms. The molecule has 0 saturated heterocycles. The van der Waals surface area contributed by atoms with E-state index in [1.165, 1.54) is 11.1 Å². The Morgan fingerprint density at radius 1 is 1.28 bits per heavy atom. The lowest BCUT2D eigenvalue weighted by Crippen LogP contribution is -2.48. The van der Waals surface area contributed by atoms with Crippen molar-refractivity contribution in [3.63, 3.8) is 0 Å². The average Bonchev–Trinajstić information content (AvgIpc) is 2.31. The molecule has 18 heavy (non-hydrogen) atoms. The zero-order valence-electron chi connectivity index (χ0n) is 12.7. The minimum atomic E-state index is 0.113. The molecule has 1 aromatic carbocycles. The zero-order chi connectivity index (χ0) is 13.9. The molecule has 2 nitrogen and oxygen atoms in total. The second kappa shape index (κ2) is 5.85. The van der Waals surface area contributed by atoms with Crippen LogP contribution in [0.2, 0.25) is 0 Å². The van der Waals surface area contributed by atoms with E-state index in [1.807, 2.05) is 0 Å². The maximum atomic E-state index is 6.25. The second-order valence-electron chi connectivity index (χ2n) is 5.94. The van der Waals surface area contributed by atoms with Crippen molar-refractivity contribution in [3.05, 3.63) is 35.4 Å². The molecular formula is C16H28N2. The number of likely N-dealkylation sites (N-methyl/N-ethyl adjacent to an activating group) is 1. The van der Waals surface area contributed by atoms with Gasteiger partial charge in [-0.3, -0.25) is 4.90 Å². The molecule has 1 aromatic rings. The Bertz CT molecular complexity index is 382. The minimum absolute atomic E-state index is 0.113. The van der Waals surface area contributed by atoms with E-state index in [-0.39, 0.29) is 17.6 Å². The Morgan fingerprint density at radius 3 is 2.28 bits per heavy atom. The van der Waals surface area contributed by atoms with E-state index in [1.54, 1.807) is 0 Å². The van der Waals surface area contributed by atoms with Crippen LogP contribution in [0.1, 0.15) is 51.3 Å². The van der Waals surface area contributed by atoms with Crippen LogP contribution in [0.5, 0.6) is 0 Å². The van der Waals surface area contributed by atoms with Crippen molar-refractivity contribution in [2.45, 2.75) is 58.7 Å². The first kappa shape index (κ1) is 15.2. The van der Waals surface area contributed by atoms with Crippen LogP contribution in [0.15, 0.2) is 24.3 Å². The molecule has 1 rings (SSSR count). The van der Waals surface area contributed by atoms with Crippen LogP contribution in [0.25, 0.3) is 0 Å². The third-order valence-corrected chi connectivity index (χ3v) is 4.24. The molecule has 0 aliphatic carbocycles. The van der Waals surface area contributed by atoms with E-state index in [2.05, 4.69) is 70.8 Å². The van der Waals surface area contributed by atoms with Gasteiger partial charge in [-0.2, -0.15) is 0 Å². The molecule has 0 radical (unpaired) electrons. The normalized spacial score (nSPS) is 15.8. The van der Waals surface area contributed by atoms with Crippen molar-refractivity contribution >= 4 is 0 Å². The Morgan fingerprint density at radius 2 is 1.83 bits per heavy atom. The summed E-state index contributed by atoms with van der Waals surface area (Å²) in [6.45, 7) is 11.0. The second-order valence-corrected chi connectivity index (χ2v) is 5.94. The molecule has 0 amide bonds. The van der Waals surface area contributed by atoms with Crippen molar-refractivity contribution in [1.82, 2.24) is 4.90 Å². The van der Waals surface area contributed by atoms with Gasteiger partial charge in [-0.05, 0) is 52.3 Å². The summed E-state index contributed by atoms with van der Waals surface area (Å²) in [6, 6.07) is 8.93. The number of benzene rings is 1. The molecular weight excluding hydrogens is 220 g/mol. The van der Waals surface area contributed by atoms with Crippen LogP contribution in [0.4, 0.5) is 0 Å². The van der Waals surface area contributed by atoms with Gasteiger partial charge < -0.3 is 5.73 Å². The number of nitrogens with two attached hydrogens (primary N) is 1. The Labute approximate surface area is 112 Å². The summed E-state index contributed by atoms with van der Waals surface area (Å²) in [4.78, 5) is 2.42. The standard InChI is InChI=1S/C16H28N2/c1-7-16(4,5)18(6)15(13(3)17)14-11-9-8-10-12(14)2/h8-11,13,15H,7,17H2,1-6H3. The highest BCUT2D eigenvalue weighted by Gasteiger charge is 2.31. The molecule has 102 valence electrons. The third-order valence-electron chi connectivity index (χ3n) is 4.24. The monoisotopic (exact) mass is 248 g/mol. The summed E-state index contributed by atoms with van der Waals surface area (Å²) in [7, 11) is 2.18. The van der Waals surface area contributed by atoms with Crippen LogP contribution >= 0.6 is 0 Å². The summed E-state index contributed by atoms with van der Waals surface area (Å²) >= 11 is 0. The van der Waals surface area contributed by atoms with Gasteiger partial charge in [0.2, 0.25) is 0 Å². The number of aryl methyl sites for hydroxylation is 1. The fourth-order valence-corrected chi connectivity index (χ4v) is 2.39. The van der Waals surface area contributed by atoms with Crippen molar-refractivity contribution in [2.75, 3.05) is 7.05 Å². The van der Waals surface area contributed by atoms with Crippen LogP contribution in [-0.4, -0.2) is 23.5 Å². The van der Waals surface area contributed by atoms with Crippen molar-refractivity contribution in [3.8, 4) is 0 Å². The molecule has 2 N–H and O–H groups in total. The SMILES string of the molecule is CCC(C)(C)N(C)C(c1ccccc1C)C(C)N. The number of hydrogen-bond donors (Lipinski definition) is 1. The average molecular weight is 248 g/mol. The van der Waals surface area contributed by atoms with Gasteiger partial charge in [-0.1, -0.05) is 31.2 Å². The number of hydrogen-bond acceptors (Lipinski definition) is 2. The van der Waals surface area contributed by atoms with Gasteiger partial charge >= 0.3 is 0 Å². The molecule has 0 spiro atoms. The predicted octanol–water partition coefficient (Wildman–Crippen LogP) is 3.50. The Hall–Kier alpha value is -0.860. The van der Waals surface area contributed by atoms with Crippen molar-refractivity contribution < 1.29 is 0 Å².